The van der Waals surface area contributed by atoms with Gasteiger partial charge in [0.1, 0.15) is 11.4 Å². The highest BCUT2D eigenvalue weighted by Crippen LogP contribution is 2.35. The predicted octanol–water partition coefficient (Wildman–Crippen LogP) is 1.81. The first-order valence-electron chi connectivity index (χ1n) is 6.77. The Balaban J connectivity index is 2.14. The molecule has 3 rings (SSSR count). The van der Waals surface area contributed by atoms with E-state index in [0.717, 1.165) is 11.1 Å². The lowest BCUT2D eigenvalue weighted by Crippen LogP contribution is -2.42. The fourth-order valence-corrected chi connectivity index (χ4v) is 2.55. The Morgan fingerprint density at radius 3 is 2.52 bits per heavy atom. The molecule has 1 aliphatic rings. The van der Waals surface area contributed by atoms with Gasteiger partial charge < -0.3 is 14.0 Å². The molecule has 21 heavy (non-hydrogen) atoms. The van der Waals surface area contributed by atoms with Gasteiger partial charge in [-0.25, -0.2) is 4.39 Å². The van der Waals surface area contributed by atoms with Crippen molar-refractivity contribution in [3.63, 3.8) is 0 Å². The van der Waals surface area contributed by atoms with Crippen LogP contribution in [0.3, 0.4) is 0 Å². The Kier molecular flexibility index (Phi) is 3.61. The summed E-state index contributed by atoms with van der Waals surface area (Å²) in [5, 5.41) is 0. The van der Waals surface area contributed by atoms with Gasteiger partial charge in [-0.05, 0) is 29.3 Å². The second-order valence-corrected chi connectivity index (χ2v) is 5.10. The highest BCUT2D eigenvalue weighted by atomic mass is 19.1. The SMILES string of the molecule is Cn1ccc(C2(c3ccc(F)cc3)COCCO2)cc1=O. The molecular formula is C16H16FNO3. The number of hydrogen-bond donors (Lipinski definition) is 0. The van der Waals surface area contributed by atoms with Gasteiger partial charge in [0, 0.05) is 19.3 Å². The van der Waals surface area contributed by atoms with E-state index < -0.39 is 5.60 Å². The molecule has 1 aliphatic heterocycles. The van der Waals surface area contributed by atoms with Gasteiger partial charge in [-0.15, -0.1) is 0 Å². The summed E-state index contributed by atoms with van der Waals surface area (Å²) in [5.41, 5.74) is 0.510. The van der Waals surface area contributed by atoms with E-state index in [4.69, 9.17) is 9.47 Å². The molecule has 1 unspecified atom stereocenters. The zero-order valence-corrected chi connectivity index (χ0v) is 11.7. The van der Waals surface area contributed by atoms with Crippen molar-refractivity contribution in [1.29, 1.82) is 0 Å². The molecule has 1 fully saturated rings. The van der Waals surface area contributed by atoms with Crippen molar-refractivity contribution < 1.29 is 13.9 Å². The molecule has 5 heteroatoms. The lowest BCUT2D eigenvalue weighted by atomic mass is 9.86. The van der Waals surface area contributed by atoms with Gasteiger partial charge in [0.05, 0.1) is 19.8 Å². The van der Waals surface area contributed by atoms with Crippen LogP contribution in [-0.2, 0) is 22.1 Å². The van der Waals surface area contributed by atoms with Crippen LogP contribution in [0.15, 0.2) is 47.4 Å². The predicted molar refractivity (Wildman–Crippen MR) is 75.6 cm³/mol. The van der Waals surface area contributed by atoms with E-state index >= 15 is 0 Å². The van der Waals surface area contributed by atoms with Crippen molar-refractivity contribution in [3.8, 4) is 0 Å². The average molecular weight is 289 g/mol. The number of nitrogens with zero attached hydrogens (tertiary/aromatic N) is 1. The number of aryl methyl sites for hydroxylation is 1. The minimum atomic E-state index is -0.862. The second kappa shape index (κ2) is 5.42. The monoisotopic (exact) mass is 289 g/mol. The summed E-state index contributed by atoms with van der Waals surface area (Å²) >= 11 is 0. The van der Waals surface area contributed by atoms with E-state index in [1.807, 2.05) is 6.07 Å². The van der Waals surface area contributed by atoms with Crippen LogP contribution >= 0.6 is 0 Å². The van der Waals surface area contributed by atoms with Crippen molar-refractivity contribution in [3.05, 3.63) is 69.9 Å². The van der Waals surface area contributed by atoms with Crippen molar-refractivity contribution in [2.75, 3.05) is 19.8 Å². The van der Waals surface area contributed by atoms with Gasteiger partial charge in [-0.2, -0.15) is 0 Å². The molecule has 0 bridgehead atoms. The smallest absolute Gasteiger partial charge is 0.250 e. The first-order chi connectivity index (χ1) is 10.1. The lowest BCUT2D eigenvalue weighted by molar-refractivity contribution is -0.140. The molecular weight excluding hydrogens is 273 g/mol. The van der Waals surface area contributed by atoms with Crippen LogP contribution in [0.5, 0.6) is 0 Å². The third-order valence-corrected chi connectivity index (χ3v) is 3.76. The maximum atomic E-state index is 13.2. The maximum Gasteiger partial charge on any atom is 0.250 e. The van der Waals surface area contributed by atoms with Gasteiger partial charge in [-0.1, -0.05) is 12.1 Å². The first kappa shape index (κ1) is 14.0. The molecule has 0 aliphatic carbocycles. The van der Waals surface area contributed by atoms with Crippen LogP contribution in [-0.4, -0.2) is 24.4 Å². The minimum absolute atomic E-state index is 0.122. The van der Waals surface area contributed by atoms with E-state index in [1.54, 1.807) is 25.4 Å². The van der Waals surface area contributed by atoms with Gasteiger partial charge in [0.15, 0.2) is 0 Å². The number of aromatic nitrogens is 1. The highest BCUT2D eigenvalue weighted by Gasteiger charge is 2.38. The molecule has 4 nitrogen and oxygen atoms in total. The molecule has 1 atom stereocenters. The molecule has 1 saturated heterocycles. The van der Waals surface area contributed by atoms with Crippen molar-refractivity contribution in [2.45, 2.75) is 5.60 Å². The van der Waals surface area contributed by atoms with Crippen molar-refractivity contribution >= 4 is 0 Å². The molecule has 0 radical (unpaired) electrons. The topological polar surface area (TPSA) is 40.5 Å². The van der Waals surface area contributed by atoms with Gasteiger partial charge in [-0.3, -0.25) is 4.79 Å². The summed E-state index contributed by atoms with van der Waals surface area (Å²) < 4.78 is 26.2. The van der Waals surface area contributed by atoms with Gasteiger partial charge in [0.2, 0.25) is 0 Å². The molecule has 2 heterocycles. The Hall–Kier alpha value is -1.98. The van der Waals surface area contributed by atoms with E-state index in [9.17, 15) is 9.18 Å². The van der Waals surface area contributed by atoms with Crippen LogP contribution in [0, 0.1) is 5.82 Å². The summed E-state index contributed by atoms with van der Waals surface area (Å²) in [7, 11) is 1.69. The van der Waals surface area contributed by atoms with Gasteiger partial charge >= 0.3 is 0 Å². The molecule has 1 aromatic heterocycles. The fraction of sp³-hybridized carbons (Fsp3) is 0.312. The molecule has 0 N–H and O–H groups in total. The fourth-order valence-electron chi connectivity index (χ4n) is 2.55. The number of halogens is 1. The third-order valence-electron chi connectivity index (χ3n) is 3.76. The van der Waals surface area contributed by atoms with Crippen LogP contribution in [0.1, 0.15) is 11.1 Å². The Labute approximate surface area is 121 Å². The van der Waals surface area contributed by atoms with Crippen LogP contribution in [0.4, 0.5) is 4.39 Å². The highest BCUT2D eigenvalue weighted by molar-refractivity contribution is 5.36. The molecule has 2 aromatic rings. The largest absolute Gasteiger partial charge is 0.375 e. The molecule has 1 aromatic carbocycles. The summed E-state index contributed by atoms with van der Waals surface area (Å²) in [5.74, 6) is -0.311. The van der Waals surface area contributed by atoms with E-state index in [-0.39, 0.29) is 11.4 Å². The summed E-state index contributed by atoms with van der Waals surface area (Å²) in [6.45, 7) is 1.23. The Bertz CT molecular complexity index is 687. The quantitative estimate of drug-likeness (QED) is 0.846. The molecule has 0 spiro atoms. The maximum absolute atomic E-state index is 13.2. The van der Waals surface area contributed by atoms with Crippen LogP contribution in [0.25, 0.3) is 0 Å². The van der Waals surface area contributed by atoms with Gasteiger partial charge in [0.25, 0.3) is 5.56 Å². The standard InChI is InChI=1S/C16H16FNO3/c1-18-7-6-13(10-15(18)19)16(11-20-8-9-21-16)12-2-4-14(17)5-3-12/h2-7,10H,8-9,11H2,1H3. The average Bonchev–Trinajstić information content (AvgIpc) is 2.51. The number of benzene rings is 1. The number of ether oxygens (including phenoxy) is 2. The molecule has 0 saturated carbocycles. The second-order valence-electron chi connectivity index (χ2n) is 5.10. The number of hydrogen-bond acceptors (Lipinski definition) is 3. The Morgan fingerprint density at radius 2 is 1.90 bits per heavy atom. The van der Waals surface area contributed by atoms with E-state index in [1.165, 1.54) is 22.8 Å². The van der Waals surface area contributed by atoms with E-state index in [2.05, 4.69) is 0 Å². The van der Waals surface area contributed by atoms with E-state index in [0.29, 0.717) is 19.8 Å². The molecule has 0 amide bonds. The number of rotatable bonds is 2. The van der Waals surface area contributed by atoms with Crippen molar-refractivity contribution in [2.24, 2.45) is 7.05 Å². The summed E-state index contributed by atoms with van der Waals surface area (Å²) in [4.78, 5) is 11.9. The first-order valence-corrected chi connectivity index (χ1v) is 6.77. The normalized spacial score (nSPS) is 22.2. The summed E-state index contributed by atoms with van der Waals surface area (Å²) in [6, 6.07) is 9.48. The summed E-state index contributed by atoms with van der Waals surface area (Å²) in [6.07, 6.45) is 1.70. The Morgan fingerprint density at radius 1 is 1.14 bits per heavy atom. The molecule has 110 valence electrons. The number of pyridine rings is 1. The van der Waals surface area contributed by atoms with Crippen LogP contribution in [0.2, 0.25) is 0 Å². The zero-order chi connectivity index (χ0) is 14.9. The minimum Gasteiger partial charge on any atom is -0.375 e. The lowest BCUT2D eigenvalue weighted by Gasteiger charge is -2.38. The zero-order valence-electron chi connectivity index (χ0n) is 11.7. The third kappa shape index (κ3) is 2.50. The van der Waals surface area contributed by atoms with Crippen LogP contribution < -0.4 is 5.56 Å². The van der Waals surface area contributed by atoms with Crippen molar-refractivity contribution in [1.82, 2.24) is 4.57 Å².